The van der Waals surface area contributed by atoms with E-state index < -0.39 is 0 Å². The van der Waals surface area contributed by atoms with E-state index in [1.165, 1.54) is 16.5 Å². The maximum absolute atomic E-state index is 8.36. The number of hydrogen-bond donors (Lipinski definition) is 1. The molecule has 0 amide bonds. The van der Waals surface area contributed by atoms with Crippen LogP contribution in [0.4, 0.5) is 0 Å². The van der Waals surface area contributed by atoms with Gasteiger partial charge in [0.1, 0.15) is 11.3 Å². The van der Waals surface area contributed by atoms with Crippen LogP contribution < -0.4 is 0 Å². The van der Waals surface area contributed by atoms with Crippen LogP contribution in [0.15, 0.2) is 22.6 Å². The van der Waals surface area contributed by atoms with Crippen molar-refractivity contribution in [2.45, 2.75) is 20.8 Å². The Morgan fingerprint density at radius 2 is 1.87 bits per heavy atom. The molecule has 2 rings (SSSR count). The zero-order chi connectivity index (χ0) is 11.4. The molecule has 0 aliphatic rings. The van der Waals surface area contributed by atoms with E-state index in [1.54, 1.807) is 0 Å². The van der Waals surface area contributed by atoms with Crippen molar-refractivity contribution in [3.05, 3.63) is 35.1 Å². The predicted molar refractivity (Wildman–Crippen MR) is 59.1 cm³/mol. The van der Waals surface area contributed by atoms with Gasteiger partial charge in [-0.25, -0.2) is 0 Å². The summed E-state index contributed by atoms with van der Waals surface area (Å²) in [6.45, 7) is 5.95. The van der Waals surface area contributed by atoms with Gasteiger partial charge >= 0.3 is 0 Å². The van der Waals surface area contributed by atoms with Gasteiger partial charge in [0.2, 0.25) is 0 Å². The predicted octanol–water partition coefficient (Wildman–Crippen LogP) is 3.06. The number of carboxylic acid groups (broad SMARTS) is 1. The lowest BCUT2D eigenvalue weighted by Gasteiger charge is -1.91. The first kappa shape index (κ1) is 11.3. The number of fused-ring (bicyclic) bond motifs is 1. The van der Waals surface area contributed by atoms with Gasteiger partial charge in [-0.1, -0.05) is 11.6 Å². The van der Waals surface area contributed by atoms with Crippen LogP contribution >= 0.6 is 0 Å². The third-order valence-corrected chi connectivity index (χ3v) is 2.33. The van der Waals surface area contributed by atoms with Gasteiger partial charge in [0.25, 0.3) is 6.47 Å². The molecule has 15 heavy (non-hydrogen) atoms. The van der Waals surface area contributed by atoms with Gasteiger partial charge in [0.15, 0.2) is 0 Å². The van der Waals surface area contributed by atoms with Crippen LogP contribution in [0.5, 0.6) is 0 Å². The maximum atomic E-state index is 8.36. The molecule has 0 aliphatic carbocycles. The molecule has 3 heteroatoms. The van der Waals surface area contributed by atoms with E-state index in [0.717, 1.165) is 11.3 Å². The Bertz CT molecular complexity index is 469. The minimum atomic E-state index is -0.250. The molecule has 0 radical (unpaired) electrons. The second-order valence-corrected chi connectivity index (χ2v) is 3.39. The maximum Gasteiger partial charge on any atom is 0.290 e. The zero-order valence-corrected chi connectivity index (χ0v) is 9.07. The number of rotatable bonds is 0. The second-order valence-electron chi connectivity index (χ2n) is 3.39. The van der Waals surface area contributed by atoms with Crippen molar-refractivity contribution < 1.29 is 14.3 Å². The van der Waals surface area contributed by atoms with Crippen LogP contribution in [0, 0.1) is 20.8 Å². The molecule has 0 fully saturated rings. The van der Waals surface area contributed by atoms with Gasteiger partial charge in [-0.2, -0.15) is 0 Å². The van der Waals surface area contributed by atoms with Crippen molar-refractivity contribution in [3.63, 3.8) is 0 Å². The van der Waals surface area contributed by atoms with Crippen molar-refractivity contribution in [2.75, 3.05) is 0 Å². The lowest BCUT2D eigenvalue weighted by atomic mass is 10.1. The molecule has 1 heterocycles. The number of aryl methyl sites for hydroxylation is 3. The van der Waals surface area contributed by atoms with E-state index >= 15 is 0 Å². The molecular formula is C12H14O3. The molecule has 1 aromatic carbocycles. The third kappa shape index (κ3) is 2.37. The van der Waals surface area contributed by atoms with E-state index in [4.69, 9.17) is 14.3 Å². The van der Waals surface area contributed by atoms with Crippen LogP contribution in [0.2, 0.25) is 0 Å². The summed E-state index contributed by atoms with van der Waals surface area (Å²) in [5, 5.41) is 8.13. The van der Waals surface area contributed by atoms with E-state index in [2.05, 4.69) is 26.0 Å². The lowest BCUT2D eigenvalue weighted by Crippen LogP contribution is -1.72. The standard InChI is InChI=1S/C11H12O.CH2O2/c1-7-4-5-11-10(6-7)8(2)9(3)12-11;2-1-3/h4-6H,1-3H3;1H,(H,2,3). The SMILES string of the molecule is Cc1ccc2oc(C)c(C)c2c1.O=CO. The Morgan fingerprint density at radius 3 is 2.47 bits per heavy atom. The van der Waals surface area contributed by atoms with Gasteiger partial charge in [-0.3, -0.25) is 4.79 Å². The molecule has 3 nitrogen and oxygen atoms in total. The average Bonchev–Trinajstić information content (AvgIpc) is 2.46. The monoisotopic (exact) mass is 206 g/mol. The average molecular weight is 206 g/mol. The number of benzene rings is 1. The molecule has 0 aliphatic heterocycles. The Morgan fingerprint density at radius 1 is 1.27 bits per heavy atom. The fraction of sp³-hybridized carbons (Fsp3) is 0.250. The minimum Gasteiger partial charge on any atom is -0.483 e. The molecule has 0 saturated heterocycles. The Labute approximate surface area is 88.3 Å². The van der Waals surface area contributed by atoms with Gasteiger partial charge in [0.05, 0.1) is 0 Å². The highest BCUT2D eigenvalue weighted by molar-refractivity contribution is 5.82. The molecule has 0 bridgehead atoms. The Kier molecular flexibility index (Phi) is 3.50. The first-order chi connectivity index (χ1) is 7.10. The Hall–Kier alpha value is -1.77. The molecule has 1 aromatic heterocycles. The topological polar surface area (TPSA) is 50.4 Å². The summed E-state index contributed by atoms with van der Waals surface area (Å²) in [6, 6.07) is 6.27. The molecule has 1 N–H and O–H groups in total. The van der Waals surface area contributed by atoms with Gasteiger partial charge in [0, 0.05) is 5.39 Å². The fourth-order valence-electron chi connectivity index (χ4n) is 1.46. The molecular weight excluding hydrogens is 192 g/mol. The van der Waals surface area contributed by atoms with Crippen molar-refractivity contribution in [1.82, 2.24) is 0 Å². The molecule has 2 aromatic rings. The number of furan rings is 1. The van der Waals surface area contributed by atoms with Crippen molar-refractivity contribution in [3.8, 4) is 0 Å². The van der Waals surface area contributed by atoms with Crippen molar-refractivity contribution >= 4 is 17.4 Å². The lowest BCUT2D eigenvalue weighted by molar-refractivity contribution is -0.122. The van der Waals surface area contributed by atoms with E-state index in [1.807, 2.05) is 13.0 Å². The summed E-state index contributed by atoms with van der Waals surface area (Å²) >= 11 is 0. The Balaban J connectivity index is 0.000000337. The van der Waals surface area contributed by atoms with Gasteiger partial charge < -0.3 is 9.52 Å². The summed E-state index contributed by atoms with van der Waals surface area (Å²) in [4.78, 5) is 8.36. The van der Waals surface area contributed by atoms with Crippen LogP contribution in [-0.2, 0) is 4.79 Å². The molecule has 80 valence electrons. The van der Waals surface area contributed by atoms with E-state index in [-0.39, 0.29) is 6.47 Å². The molecule has 0 saturated carbocycles. The zero-order valence-electron chi connectivity index (χ0n) is 9.07. The number of hydrogen-bond acceptors (Lipinski definition) is 2. The van der Waals surface area contributed by atoms with E-state index in [9.17, 15) is 0 Å². The summed E-state index contributed by atoms with van der Waals surface area (Å²) < 4.78 is 5.55. The summed E-state index contributed by atoms with van der Waals surface area (Å²) in [5.74, 6) is 1.02. The molecule has 0 atom stereocenters. The fourth-order valence-corrected chi connectivity index (χ4v) is 1.46. The quantitative estimate of drug-likeness (QED) is 0.674. The van der Waals surface area contributed by atoms with Crippen molar-refractivity contribution in [1.29, 1.82) is 0 Å². The first-order valence-electron chi connectivity index (χ1n) is 4.64. The summed E-state index contributed by atoms with van der Waals surface area (Å²) in [7, 11) is 0. The number of carbonyl (C=O) groups is 1. The highest BCUT2D eigenvalue weighted by Crippen LogP contribution is 2.24. The highest BCUT2D eigenvalue weighted by atomic mass is 16.3. The molecule has 0 unspecified atom stereocenters. The van der Waals surface area contributed by atoms with Crippen LogP contribution in [0.1, 0.15) is 16.9 Å². The summed E-state index contributed by atoms with van der Waals surface area (Å²) in [5.41, 5.74) is 3.54. The van der Waals surface area contributed by atoms with Crippen LogP contribution in [-0.4, -0.2) is 11.6 Å². The first-order valence-corrected chi connectivity index (χ1v) is 4.64. The normalized spacial score (nSPS) is 9.53. The highest BCUT2D eigenvalue weighted by Gasteiger charge is 2.05. The smallest absolute Gasteiger partial charge is 0.290 e. The van der Waals surface area contributed by atoms with Crippen LogP contribution in [0.3, 0.4) is 0 Å². The van der Waals surface area contributed by atoms with Gasteiger partial charge in [-0.05, 0) is 38.5 Å². The van der Waals surface area contributed by atoms with E-state index in [0.29, 0.717) is 0 Å². The molecule has 0 spiro atoms. The van der Waals surface area contributed by atoms with Crippen molar-refractivity contribution in [2.24, 2.45) is 0 Å². The second kappa shape index (κ2) is 4.64. The largest absolute Gasteiger partial charge is 0.483 e. The van der Waals surface area contributed by atoms with Gasteiger partial charge in [-0.15, -0.1) is 0 Å². The third-order valence-electron chi connectivity index (χ3n) is 2.33. The minimum absolute atomic E-state index is 0.250. The summed E-state index contributed by atoms with van der Waals surface area (Å²) in [6.07, 6.45) is 0. The van der Waals surface area contributed by atoms with Crippen LogP contribution in [0.25, 0.3) is 11.0 Å².